The van der Waals surface area contributed by atoms with Gasteiger partial charge in [-0.1, -0.05) is 6.07 Å². The van der Waals surface area contributed by atoms with Crippen LogP contribution in [0.1, 0.15) is 17.5 Å². The van der Waals surface area contributed by atoms with Crippen molar-refractivity contribution >= 4 is 5.91 Å². The first kappa shape index (κ1) is 14.4. The quantitative estimate of drug-likeness (QED) is 0.892. The fraction of sp³-hybridized carbons (Fsp3) is 0.562. The molecule has 1 saturated heterocycles. The summed E-state index contributed by atoms with van der Waals surface area (Å²) < 4.78 is 5.61. The number of carbonyl (C=O) groups excluding carboxylic acids is 1. The van der Waals surface area contributed by atoms with Crippen molar-refractivity contribution in [2.75, 3.05) is 39.8 Å². The molecular formula is C16H23N3O2. The Bertz CT molecular complexity index is 510. The Kier molecular flexibility index (Phi) is 4.41. The minimum absolute atomic E-state index is 0.0745. The number of piperazine rings is 1. The number of hydrogen-bond donors (Lipinski definition) is 1. The number of carbonyl (C=O) groups is 1. The zero-order valence-corrected chi connectivity index (χ0v) is 12.6. The number of fused-ring (bicyclic) bond motifs is 1. The van der Waals surface area contributed by atoms with E-state index in [1.165, 1.54) is 24.0 Å². The van der Waals surface area contributed by atoms with E-state index in [-0.39, 0.29) is 12.5 Å². The number of amides is 1. The van der Waals surface area contributed by atoms with Crippen LogP contribution in [0.15, 0.2) is 18.2 Å². The molecule has 1 N–H and O–H groups in total. The van der Waals surface area contributed by atoms with Crippen LogP contribution in [0.5, 0.6) is 5.75 Å². The molecule has 1 aliphatic carbocycles. The van der Waals surface area contributed by atoms with Crippen molar-refractivity contribution in [2.24, 2.45) is 0 Å². The summed E-state index contributed by atoms with van der Waals surface area (Å²) in [4.78, 5) is 14.2. The first-order chi connectivity index (χ1) is 10.2. The van der Waals surface area contributed by atoms with Gasteiger partial charge >= 0.3 is 0 Å². The van der Waals surface area contributed by atoms with E-state index in [1.807, 2.05) is 11.1 Å². The molecule has 21 heavy (non-hydrogen) atoms. The minimum Gasteiger partial charge on any atom is -0.484 e. The number of likely N-dealkylation sites (N-methyl/N-ethyl adjacent to an activating group) is 1. The molecule has 0 radical (unpaired) electrons. The van der Waals surface area contributed by atoms with E-state index in [9.17, 15) is 4.79 Å². The van der Waals surface area contributed by atoms with Gasteiger partial charge in [-0.15, -0.1) is 0 Å². The van der Waals surface area contributed by atoms with Gasteiger partial charge in [0.1, 0.15) is 5.75 Å². The van der Waals surface area contributed by atoms with Gasteiger partial charge in [0.25, 0.3) is 5.91 Å². The topological polar surface area (TPSA) is 44.8 Å². The van der Waals surface area contributed by atoms with E-state index < -0.39 is 0 Å². The maximum absolute atomic E-state index is 11.9. The van der Waals surface area contributed by atoms with Gasteiger partial charge in [-0.3, -0.25) is 10.2 Å². The number of benzene rings is 1. The molecule has 1 fully saturated rings. The highest BCUT2D eigenvalue weighted by Gasteiger charge is 2.16. The van der Waals surface area contributed by atoms with Crippen LogP contribution in [-0.4, -0.2) is 55.6 Å². The van der Waals surface area contributed by atoms with Crippen LogP contribution in [0.25, 0.3) is 0 Å². The number of aryl methyl sites for hydroxylation is 2. The van der Waals surface area contributed by atoms with Crippen LogP contribution in [-0.2, 0) is 17.6 Å². The summed E-state index contributed by atoms with van der Waals surface area (Å²) in [7, 11) is 2.09. The Morgan fingerprint density at radius 3 is 2.76 bits per heavy atom. The lowest BCUT2D eigenvalue weighted by atomic mass is 10.1. The molecule has 1 aliphatic heterocycles. The summed E-state index contributed by atoms with van der Waals surface area (Å²) in [5.41, 5.74) is 5.69. The number of ether oxygens (including phenoxy) is 1. The zero-order valence-electron chi connectivity index (χ0n) is 12.6. The largest absolute Gasteiger partial charge is 0.484 e. The maximum atomic E-state index is 11.9. The molecule has 1 amide bonds. The van der Waals surface area contributed by atoms with E-state index in [4.69, 9.17) is 4.74 Å². The van der Waals surface area contributed by atoms with Crippen molar-refractivity contribution < 1.29 is 9.53 Å². The molecule has 5 nitrogen and oxygen atoms in total. The smallest absolute Gasteiger partial charge is 0.272 e. The third kappa shape index (κ3) is 3.74. The van der Waals surface area contributed by atoms with Gasteiger partial charge in [0.2, 0.25) is 0 Å². The highest BCUT2D eigenvalue weighted by molar-refractivity contribution is 5.77. The Hall–Kier alpha value is -1.59. The van der Waals surface area contributed by atoms with Gasteiger partial charge in [0, 0.05) is 26.2 Å². The van der Waals surface area contributed by atoms with Gasteiger partial charge in [-0.2, -0.15) is 0 Å². The number of nitrogens with zero attached hydrogens (tertiary/aromatic N) is 2. The van der Waals surface area contributed by atoms with Crippen molar-refractivity contribution in [2.45, 2.75) is 19.3 Å². The van der Waals surface area contributed by atoms with Crippen LogP contribution >= 0.6 is 0 Å². The molecule has 0 saturated carbocycles. The molecule has 5 heteroatoms. The van der Waals surface area contributed by atoms with Crippen LogP contribution in [0.3, 0.4) is 0 Å². The molecule has 1 aromatic carbocycles. The van der Waals surface area contributed by atoms with Crippen LogP contribution in [0, 0.1) is 0 Å². The van der Waals surface area contributed by atoms with Crippen molar-refractivity contribution in [1.82, 2.24) is 15.3 Å². The van der Waals surface area contributed by atoms with Crippen LogP contribution in [0.4, 0.5) is 0 Å². The highest BCUT2D eigenvalue weighted by Crippen LogP contribution is 2.25. The van der Waals surface area contributed by atoms with E-state index in [1.54, 1.807) is 0 Å². The molecular weight excluding hydrogens is 266 g/mol. The third-order valence-corrected chi connectivity index (χ3v) is 4.23. The molecule has 0 unspecified atom stereocenters. The number of nitrogens with one attached hydrogen (secondary N) is 1. The lowest BCUT2D eigenvalue weighted by molar-refractivity contribution is -0.128. The Morgan fingerprint density at radius 1 is 1.19 bits per heavy atom. The predicted octanol–water partition coefficient (Wildman–Crippen LogP) is 0.833. The second-order valence-corrected chi connectivity index (χ2v) is 5.90. The van der Waals surface area contributed by atoms with Gasteiger partial charge in [-0.25, -0.2) is 5.01 Å². The normalized spacial score (nSPS) is 19.3. The number of hydrazine groups is 1. The second-order valence-electron chi connectivity index (χ2n) is 5.90. The Balaban J connectivity index is 1.45. The first-order valence-corrected chi connectivity index (χ1v) is 7.68. The molecule has 0 bridgehead atoms. The summed E-state index contributed by atoms with van der Waals surface area (Å²) in [6.45, 7) is 3.76. The average molecular weight is 289 g/mol. The summed E-state index contributed by atoms with van der Waals surface area (Å²) in [5, 5.41) is 1.97. The molecule has 2 aliphatic rings. The summed E-state index contributed by atoms with van der Waals surface area (Å²) in [6.07, 6.45) is 3.52. The molecule has 3 rings (SSSR count). The average Bonchev–Trinajstić information content (AvgIpc) is 2.95. The lowest BCUT2D eigenvalue weighted by Crippen LogP contribution is -2.53. The number of hydrogen-bond acceptors (Lipinski definition) is 4. The predicted molar refractivity (Wildman–Crippen MR) is 81.2 cm³/mol. The van der Waals surface area contributed by atoms with Crippen molar-refractivity contribution in [1.29, 1.82) is 0 Å². The summed E-state index contributed by atoms with van der Waals surface area (Å²) in [5.74, 6) is 0.712. The third-order valence-electron chi connectivity index (χ3n) is 4.23. The standard InChI is InChI=1S/C16H23N3O2/c1-18-7-9-19(10-8-18)17-16(20)12-21-15-6-5-13-3-2-4-14(13)11-15/h5-6,11H,2-4,7-10,12H2,1H3,(H,17,20). The van der Waals surface area contributed by atoms with Gasteiger partial charge < -0.3 is 9.64 Å². The Morgan fingerprint density at radius 2 is 1.95 bits per heavy atom. The van der Waals surface area contributed by atoms with Crippen LogP contribution < -0.4 is 10.2 Å². The van der Waals surface area contributed by atoms with Crippen molar-refractivity contribution in [3.8, 4) is 5.75 Å². The number of rotatable bonds is 4. The van der Waals surface area contributed by atoms with E-state index in [0.717, 1.165) is 38.3 Å². The molecule has 0 atom stereocenters. The first-order valence-electron chi connectivity index (χ1n) is 7.68. The molecule has 0 aromatic heterocycles. The van der Waals surface area contributed by atoms with Crippen molar-refractivity contribution in [3.63, 3.8) is 0 Å². The second kappa shape index (κ2) is 6.45. The van der Waals surface area contributed by atoms with E-state index in [0.29, 0.717) is 0 Å². The van der Waals surface area contributed by atoms with E-state index >= 15 is 0 Å². The summed E-state index contributed by atoms with van der Waals surface area (Å²) in [6, 6.07) is 6.16. The zero-order chi connectivity index (χ0) is 14.7. The highest BCUT2D eigenvalue weighted by atomic mass is 16.5. The SMILES string of the molecule is CN1CCN(NC(=O)COc2ccc3c(c2)CCC3)CC1. The maximum Gasteiger partial charge on any atom is 0.272 e. The van der Waals surface area contributed by atoms with Gasteiger partial charge in [0.05, 0.1) is 0 Å². The molecule has 1 heterocycles. The van der Waals surface area contributed by atoms with Crippen LogP contribution in [0.2, 0.25) is 0 Å². The molecule has 1 aromatic rings. The summed E-state index contributed by atoms with van der Waals surface area (Å²) >= 11 is 0. The minimum atomic E-state index is -0.0833. The van der Waals surface area contributed by atoms with Gasteiger partial charge in [0.15, 0.2) is 6.61 Å². The fourth-order valence-electron chi connectivity index (χ4n) is 2.91. The fourth-order valence-corrected chi connectivity index (χ4v) is 2.91. The Labute approximate surface area is 125 Å². The molecule has 114 valence electrons. The molecule has 0 spiro atoms. The van der Waals surface area contributed by atoms with E-state index in [2.05, 4.69) is 29.5 Å². The van der Waals surface area contributed by atoms with Gasteiger partial charge in [-0.05, 0) is 49.6 Å². The van der Waals surface area contributed by atoms with Crippen molar-refractivity contribution in [3.05, 3.63) is 29.3 Å². The lowest BCUT2D eigenvalue weighted by Gasteiger charge is -2.32. The monoisotopic (exact) mass is 289 g/mol.